The number of thioether (sulfide) groups is 1. The van der Waals surface area contributed by atoms with Crippen molar-refractivity contribution in [1.29, 1.82) is 0 Å². The minimum absolute atomic E-state index is 0.788. The number of rotatable bonds is 11. The summed E-state index contributed by atoms with van der Waals surface area (Å²) in [6.45, 7) is 10.9. The number of guanidine groups is 1. The van der Waals surface area contributed by atoms with Crippen molar-refractivity contribution in [1.82, 2.24) is 15.5 Å². The van der Waals surface area contributed by atoms with E-state index in [4.69, 9.17) is 14.1 Å². The topological polar surface area (TPSA) is 62.0 Å². The van der Waals surface area contributed by atoms with Gasteiger partial charge >= 0.3 is 0 Å². The van der Waals surface area contributed by atoms with Crippen LogP contribution in [0.25, 0.3) is 0 Å². The quantitative estimate of drug-likeness (QED) is 0.269. The van der Waals surface area contributed by atoms with E-state index in [0.29, 0.717) is 0 Å². The monoisotopic (exact) mass is 366 g/mol. The van der Waals surface area contributed by atoms with Gasteiger partial charge in [-0.1, -0.05) is 6.08 Å². The van der Waals surface area contributed by atoms with Gasteiger partial charge in [-0.2, -0.15) is 11.8 Å². The summed E-state index contributed by atoms with van der Waals surface area (Å²) in [5.41, 5.74) is 0. The number of hydrogen-bond acceptors (Lipinski definition) is 5. The zero-order valence-corrected chi connectivity index (χ0v) is 15.7. The third kappa shape index (κ3) is 9.00. The van der Waals surface area contributed by atoms with Crippen LogP contribution in [0.15, 0.2) is 40.5 Å². The summed E-state index contributed by atoms with van der Waals surface area (Å²) in [6, 6.07) is 3.91. The summed E-state index contributed by atoms with van der Waals surface area (Å²) in [5, 5.41) is 6.80. The Bertz CT molecular complexity index is 487. The highest BCUT2D eigenvalue weighted by molar-refractivity contribution is 7.99. The third-order valence-corrected chi connectivity index (χ3v) is 4.77. The maximum absolute atomic E-state index is 5.38. The minimum atomic E-state index is 0.788. The fraction of sp³-hybridized carbons (Fsp3) is 0.611. The zero-order valence-electron chi connectivity index (χ0n) is 14.9. The summed E-state index contributed by atoms with van der Waals surface area (Å²) in [5.74, 6) is 3.88. The van der Waals surface area contributed by atoms with Crippen molar-refractivity contribution in [3.05, 3.63) is 36.8 Å². The van der Waals surface area contributed by atoms with Gasteiger partial charge in [-0.05, 0) is 12.1 Å². The van der Waals surface area contributed by atoms with Gasteiger partial charge in [0, 0.05) is 50.7 Å². The van der Waals surface area contributed by atoms with Crippen LogP contribution in [0.5, 0.6) is 0 Å². The molecule has 1 aliphatic heterocycles. The molecule has 1 fully saturated rings. The van der Waals surface area contributed by atoms with Gasteiger partial charge in [-0.15, -0.1) is 6.58 Å². The molecule has 1 aliphatic rings. The number of hydrogen-bond donors (Lipinski definition) is 2. The van der Waals surface area contributed by atoms with E-state index in [1.807, 2.05) is 30.0 Å². The van der Waals surface area contributed by atoms with Gasteiger partial charge in [0.05, 0.1) is 26.0 Å². The fourth-order valence-corrected chi connectivity index (χ4v) is 3.05. The standard InChI is InChI=1S/C18H30N4O2S/c1-2-15-25-16-8-21-18(19-6-5-17-4-3-12-24-17)20-7-9-22-10-13-23-14-11-22/h2-4,12H,1,5-11,13-16H2,(H2,19,20,21). The fourth-order valence-electron chi connectivity index (χ4n) is 2.47. The molecule has 1 aromatic heterocycles. The van der Waals surface area contributed by atoms with Crippen molar-refractivity contribution in [2.45, 2.75) is 6.42 Å². The van der Waals surface area contributed by atoms with Crippen molar-refractivity contribution in [2.24, 2.45) is 4.99 Å². The van der Waals surface area contributed by atoms with E-state index in [1.54, 1.807) is 6.26 Å². The summed E-state index contributed by atoms with van der Waals surface area (Å²) in [7, 11) is 0. The highest BCUT2D eigenvalue weighted by Gasteiger charge is 2.09. The average Bonchev–Trinajstić information content (AvgIpc) is 3.15. The average molecular weight is 367 g/mol. The first kappa shape index (κ1) is 19.9. The van der Waals surface area contributed by atoms with E-state index < -0.39 is 0 Å². The molecule has 0 aliphatic carbocycles. The molecule has 0 saturated carbocycles. The molecular weight excluding hydrogens is 336 g/mol. The van der Waals surface area contributed by atoms with E-state index >= 15 is 0 Å². The smallest absolute Gasteiger partial charge is 0.191 e. The van der Waals surface area contributed by atoms with E-state index in [-0.39, 0.29) is 0 Å². The van der Waals surface area contributed by atoms with E-state index in [9.17, 15) is 0 Å². The molecule has 6 nitrogen and oxygen atoms in total. The van der Waals surface area contributed by atoms with Gasteiger partial charge in [0.15, 0.2) is 5.96 Å². The van der Waals surface area contributed by atoms with Crippen LogP contribution >= 0.6 is 11.8 Å². The number of morpholine rings is 1. The Balaban J connectivity index is 1.70. The molecule has 25 heavy (non-hydrogen) atoms. The second-order valence-corrected chi connectivity index (χ2v) is 6.88. The number of nitrogens with one attached hydrogen (secondary N) is 2. The predicted molar refractivity (Wildman–Crippen MR) is 106 cm³/mol. The molecule has 0 bridgehead atoms. The lowest BCUT2D eigenvalue weighted by atomic mass is 10.3. The molecule has 0 radical (unpaired) electrons. The lowest BCUT2D eigenvalue weighted by Crippen LogP contribution is -2.41. The second kappa shape index (κ2) is 12.9. The van der Waals surface area contributed by atoms with Crippen LogP contribution in [-0.4, -0.2) is 74.8 Å². The van der Waals surface area contributed by atoms with Crippen LogP contribution in [0.4, 0.5) is 0 Å². The Kier molecular flexibility index (Phi) is 10.2. The molecular formula is C18H30N4O2S. The lowest BCUT2D eigenvalue weighted by Gasteiger charge is -2.25. The number of furan rings is 1. The van der Waals surface area contributed by atoms with Gasteiger partial charge in [0.1, 0.15) is 5.76 Å². The van der Waals surface area contributed by atoms with Crippen molar-refractivity contribution >= 4 is 17.7 Å². The van der Waals surface area contributed by atoms with E-state index in [0.717, 1.165) is 82.1 Å². The SMILES string of the molecule is C=CCSCCNC(=NCCN1CCOCC1)NCCc1ccco1. The molecule has 7 heteroatoms. The predicted octanol–water partition coefficient (Wildman–Crippen LogP) is 1.61. The van der Waals surface area contributed by atoms with Crippen LogP contribution in [0, 0.1) is 0 Å². The Morgan fingerprint density at radius 1 is 1.32 bits per heavy atom. The number of aliphatic imine (C=N–C) groups is 1. The Morgan fingerprint density at radius 2 is 2.16 bits per heavy atom. The molecule has 0 unspecified atom stereocenters. The molecule has 2 N–H and O–H groups in total. The minimum Gasteiger partial charge on any atom is -0.469 e. The largest absolute Gasteiger partial charge is 0.469 e. The van der Waals surface area contributed by atoms with Crippen molar-refractivity contribution in [2.75, 3.05) is 64.0 Å². The summed E-state index contributed by atoms with van der Waals surface area (Å²) < 4.78 is 10.8. The van der Waals surface area contributed by atoms with Gasteiger partial charge in [0.2, 0.25) is 0 Å². The zero-order chi connectivity index (χ0) is 17.6. The second-order valence-electron chi connectivity index (χ2n) is 5.73. The number of ether oxygens (including phenoxy) is 1. The molecule has 140 valence electrons. The first-order valence-corrected chi connectivity index (χ1v) is 10.1. The van der Waals surface area contributed by atoms with Crippen LogP contribution in [0.2, 0.25) is 0 Å². The van der Waals surface area contributed by atoms with Crippen LogP contribution in [0.1, 0.15) is 5.76 Å². The van der Waals surface area contributed by atoms with Crippen molar-refractivity contribution < 1.29 is 9.15 Å². The lowest BCUT2D eigenvalue weighted by molar-refractivity contribution is 0.0394. The molecule has 1 aromatic rings. The summed E-state index contributed by atoms with van der Waals surface area (Å²) in [6.07, 6.45) is 4.49. The number of nitrogens with zero attached hydrogens (tertiary/aromatic N) is 2. The Morgan fingerprint density at radius 3 is 2.92 bits per heavy atom. The maximum atomic E-state index is 5.38. The summed E-state index contributed by atoms with van der Waals surface area (Å²) >= 11 is 1.86. The highest BCUT2D eigenvalue weighted by Crippen LogP contribution is 2.00. The van der Waals surface area contributed by atoms with E-state index in [2.05, 4.69) is 22.1 Å². The van der Waals surface area contributed by atoms with Crippen LogP contribution in [-0.2, 0) is 11.2 Å². The molecule has 0 amide bonds. The van der Waals surface area contributed by atoms with E-state index in [1.165, 1.54) is 0 Å². The van der Waals surface area contributed by atoms with Crippen LogP contribution in [0.3, 0.4) is 0 Å². The third-order valence-electron chi connectivity index (χ3n) is 3.81. The Labute approximate surface area is 155 Å². The molecule has 0 aromatic carbocycles. The van der Waals surface area contributed by atoms with Crippen molar-refractivity contribution in [3.63, 3.8) is 0 Å². The Hall–Kier alpha value is -1.44. The first-order chi connectivity index (χ1) is 12.4. The van der Waals surface area contributed by atoms with Gasteiger partial charge in [-0.25, -0.2) is 0 Å². The molecule has 1 saturated heterocycles. The van der Waals surface area contributed by atoms with Crippen molar-refractivity contribution in [3.8, 4) is 0 Å². The van der Waals surface area contributed by atoms with Gasteiger partial charge in [-0.3, -0.25) is 9.89 Å². The molecule has 0 atom stereocenters. The van der Waals surface area contributed by atoms with Crippen LogP contribution < -0.4 is 10.6 Å². The molecule has 2 rings (SSSR count). The highest BCUT2D eigenvalue weighted by atomic mass is 32.2. The molecule has 0 spiro atoms. The normalized spacial score (nSPS) is 15.9. The maximum Gasteiger partial charge on any atom is 0.191 e. The van der Waals surface area contributed by atoms with Gasteiger partial charge < -0.3 is 19.8 Å². The summed E-state index contributed by atoms with van der Waals surface area (Å²) in [4.78, 5) is 7.10. The van der Waals surface area contributed by atoms with Gasteiger partial charge in [0.25, 0.3) is 0 Å². The molecule has 2 heterocycles. The first-order valence-electron chi connectivity index (χ1n) is 8.92.